The van der Waals surface area contributed by atoms with Crippen molar-refractivity contribution in [1.29, 1.82) is 0 Å². The van der Waals surface area contributed by atoms with Gasteiger partial charge in [0.2, 0.25) is 5.91 Å². The fourth-order valence-corrected chi connectivity index (χ4v) is 2.08. The molecule has 0 aliphatic carbocycles. The highest BCUT2D eigenvalue weighted by atomic mass is 16.4. The first kappa shape index (κ1) is 14.0. The Kier molecular flexibility index (Phi) is 4.51. The van der Waals surface area contributed by atoms with Gasteiger partial charge in [0, 0.05) is 25.0 Å². The van der Waals surface area contributed by atoms with E-state index in [9.17, 15) is 9.59 Å². The predicted molar refractivity (Wildman–Crippen MR) is 64.6 cm³/mol. The van der Waals surface area contributed by atoms with Crippen molar-refractivity contribution in [3.05, 3.63) is 0 Å². The maximum Gasteiger partial charge on any atom is 0.307 e. The van der Waals surface area contributed by atoms with Crippen LogP contribution in [0.5, 0.6) is 0 Å². The van der Waals surface area contributed by atoms with Gasteiger partial charge in [-0.1, -0.05) is 13.8 Å². The molecule has 1 fully saturated rings. The molecule has 0 aromatic carbocycles. The van der Waals surface area contributed by atoms with E-state index < -0.39 is 17.8 Å². The fraction of sp³-hybridized carbons (Fsp3) is 0.833. The van der Waals surface area contributed by atoms with Crippen LogP contribution in [0.2, 0.25) is 0 Å². The summed E-state index contributed by atoms with van der Waals surface area (Å²) < 4.78 is 0. The van der Waals surface area contributed by atoms with Gasteiger partial charge in [0.05, 0.1) is 5.92 Å². The lowest BCUT2D eigenvalue weighted by molar-refractivity contribution is -0.148. The zero-order valence-electron chi connectivity index (χ0n) is 11.0. The van der Waals surface area contributed by atoms with E-state index in [4.69, 9.17) is 5.11 Å². The highest BCUT2D eigenvalue weighted by molar-refractivity contribution is 5.84. The van der Waals surface area contributed by atoms with E-state index in [0.29, 0.717) is 12.6 Å². The Morgan fingerprint density at radius 1 is 1.29 bits per heavy atom. The molecule has 0 spiro atoms. The van der Waals surface area contributed by atoms with Crippen molar-refractivity contribution in [3.63, 3.8) is 0 Å². The topological polar surface area (TPSA) is 60.9 Å². The Balaban J connectivity index is 2.57. The summed E-state index contributed by atoms with van der Waals surface area (Å²) in [5.74, 6) is -2.02. The molecule has 17 heavy (non-hydrogen) atoms. The van der Waals surface area contributed by atoms with Crippen LogP contribution in [0.1, 0.15) is 20.3 Å². The van der Waals surface area contributed by atoms with E-state index in [-0.39, 0.29) is 5.91 Å². The van der Waals surface area contributed by atoms with Crippen LogP contribution in [0.15, 0.2) is 0 Å². The maximum absolute atomic E-state index is 12.1. The number of amides is 1. The number of likely N-dealkylation sites (tertiary alicyclic amines) is 1. The number of aliphatic carboxylic acids is 1. The van der Waals surface area contributed by atoms with Gasteiger partial charge in [-0.15, -0.1) is 0 Å². The molecule has 5 nitrogen and oxygen atoms in total. The normalized spacial score (nSPS) is 23.8. The summed E-state index contributed by atoms with van der Waals surface area (Å²) in [5, 5.41) is 8.91. The molecular formula is C12H22N2O3. The molecule has 5 heteroatoms. The zero-order chi connectivity index (χ0) is 13.2. The van der Waals surface area contributed by atoms with Crippen molar-refractivity contribution in [1.82, 2.24) is 9.80 Å². The molecule has 1 N–H and O–H groups in total. The van der Waals surface area contributed by atoms with Crippen LogP contribution in [0.3, 0.4) is 0 Å². The lowest BCUT2D eigenvalue weighted by Crippen LogP contribution is -2.39. The van der Waals surface area contributed by atoms with Crippen molar-refractivity contribution in [3.8, 4) is 0 Å². The average Bonchev–Trinajstić information content (AvgIpc) is 2.75. The predicted octanol–water partition coefficient (Wildman–Crippen LogP) is 0.506. The molecule has 1 aliphatic heterocycles. The van der Waals surface area contributed by atoms with Crippen LogP contribution in [0, 0.1) is 11.8 Å². The van der Waals surface area contributed by atoms with Crippen LogP contribution < -0.4 is 0 Å². The third kappa shape index (κ3) is 3.19. The van der Waals surface area contributed by atoms with E-state index in [1.165, 1.54) is 0 Å². The number of hydrogen-bond donors (Lipinski definition) is 1. The molecule has 1 aliphatic rings. The van der Waals surface area contributed by atoms with E-state index in [1.54, 1.807) is 18.7 Å². The second-order valence-corrected chi connectivity index (χ2v) is 5.11. The third-order valence-electron chi connectivity index (χ3n) is 3.73. The molecule has 1 heterocycles. The minimum absolute atomic E-state index is 0.0377. The second kappa shape index (κ2) is 5.49. The molecule has 0 bridgehead atoms. The molecule has 1 amide bonds. The molecule has 0 aromatic heterocycles. The van der Waals surface area contributed by atoms with Gasteiger partial charge in [0.15, 0.2) is 0 Å². The van der Waals surface area contributed by atoms with Gasteiger partial charge in [-0.05, 0) is 20.5 Å². The molecule has 0 saturated carbocycles. The quantitative estimate of drug-likeness (QED) is 0.780. The number of carboxylic acid groups (broad SMARTS) is 1. The van der Waals surface area contributed by atoms with Gasteiger partial charge >= 0.3 is 5.97 Å². The second-order valence-electron chi connectivity index (χ2n) is 5.11. The summed E-state index contributed by atoms with van der Waals surface area (Å²) in [4.78, 5) is 26.9. The zero-order valence-corrected chi connectivity index (χ0v) is 11.0. The molecule has 1 saturated heterocycles. The summed E-state index contributed by atoms with van der Waals surface area (Å²) in [6.07, 6.45) is 0.965. The van der Waals surface area contributed by atoms with E-state index in [1.807, 2.05) is 14.1 Å². The number of carboxylic acids is 1. The summed E-state index contributed by atoms with van der Waals surface area (Å²) in [7, 11) is 4.00. The van der Waals surface area contributed by atoms with Crippen molar-refractivity contribution in [2.24, 2.45) is 11.8 Å². The minimum atomic E-state index is -0.908. The molecule has 3 atom stereocenters. The van der Waals surface area contributed by atoms with E-state index >= 15 is 0 Å². The minimum Gasteiger partial charge on any atom is -0.481 e. The first-order chi connectivity index (χ1) is 7.84. The van der Waals surface area contributed by atoms with Crippen LogP contribution in [-0.4, -0.2) is 60.0 Å². The van der Waals surface area contributed by atoms with Crippen molar-refractivity contribution in [2.75, 3.05) is 27.2 Å². The van der Waals surface area contributed by atoms with Gasteiger partial charge < -0.3 is 14.9 Å². The standard InChI is InChI=1S/C12H22N2O3/c1-8(9(2)12(16)17)11(15)14-6-5-10(7-14)13(3)4/h8-10H,5-7H2,1-4H3,(H,16,17). The summed E-state index contributed by atoms with van der Waals surface area (Å²) in [6.45, 7) is 4.73. The highest BCUT2D eigenvalue weighted by Gasteiger charge is 2.33. The van der Waals surface area contributed by atoms with Crippen LogP contribution in [0.25, 0.3) is 0 Å². The van der Waals surface area contributed by atoms with Gasteiger partial charge in [-0.25, -0.2) is 0 Å². The van der Waals surface area contributed by atoms with Crippen molar-refractivity contribution >= 4 is 11.9 Å². The fourth-order valence-electron chi connectivity index (χ4n) is 2.08. The summed E-state index contributed by atoms with van der Waals surface area (Å²) in [6, 6.07) is 0.395. The molecular weight excluding hydrogens is 220 g/mol. The molecule has 3 unspecified atom stereocenters. The van der Waals surface area contributed by atoms with Crippen molar-refractivity contribution in [2.45, 2.75) is 26.3 Å². The smallest absolute Gasteiger partial charge is 0.307 e. The molecule has 1 rings (SSSR count). The Hall–Kier alpha value is -1.10. The number of nitrogens with zero attached hydrogens (tertiary/aromatic N) is 2. The SMILES string of the molecule is CC(C(=O)O)C(C)C(=O)N1CCC(N(C)C)C1. The highest BCUT2D eigenvalue weighted by Crippen LogP contribution is 2.20. The van der Waals surface area contributed by atoms with Gasteiger partial charge in [0.1, 0.15) is 0 Å². The van der Waals surface area contributed by atoms with Crippen LogP contribution in [0.4, 0.5) is 0 Å². The van der Waals surface area contributed by atoms with Gasteiger partial charge in [0.25, 0.3) is 0 Å². The van der Waals surface area contributed by atoms with Gasteiger partial charge in [-0.3, -0.25) is 9.59 Å². The van der Waals surface area contributed by atoms with Crippen LogP contribution in [-0.2, 0) is 9.59 Å². The Morgan fingerprint density at radius 3 is 2.29 bits per heavy atom. The lowest BCUT2D eigenvalue weighted by Gasteiger charge is -2.24. The molecule has 98 valence electrons. The number of carbonyl (C=O) groups is 2. The maximum atomic E-state index is 12.1. The van der Waals surface area contributed by atoms with E-state index in [2.05, 4.69) is 4.90 Å². The third-order valence-corrected chi connectivity index (χ3v) is 3.73. The number of rotatable bonds is 4. The number of likely N-dealkylation sites (N-methyl/N-ethyl adjacent to an activating group) is 1. The Bertz CT molecular complexity index is 304. The summed E-state index contributed by atoms with van der Waals surface area (Å²) >= 11 is 0. The number of carbonyl (C=O) groups excluding carboxylic acids is 1. The first-order valence-corrected chi connectivity index (χ1v) is 6.02. The monoisotopic (exact) mass is 242 g/mol. The lowest BCUT2D eigenvalue weighted by atomic mass is 9.95. The number of hydrogen-bond acceptors (Lipinski definition) is 3. The molecule has 0 aromatic rings. The average molecular weight is 242 g/mol. The summed E-state index contributed by atoms with van der Waals surface area (Å²) in [5.41, 5.74) is 0. The van der Waals surface area contributed by atoms with Crippen molar-refractivity contribution < 1.29 is 14.7 Å². The Labute approximate surface area is 102 Å². The first-order valence-electron chi connectivity index (χ1n) is 6.02. The van der Waals surface area contributed by atoms with E-state index in [0.717, 1.165) is 13.0 Å². The van der Waals surface area contributed by atoms with Gasteiger partial charge in [-0.2, -0.15) is 0 Å². The Morgan fingerprint density at radius 2 is 1.88 bits per heavy atom. The van der Waals surface area contributed by atoms with Crippen LogP contribution >= 0.6 is 0 Å². The molecule has 0 radical (unpaired) electrons. The largest absolute Gasteiger partial charge is 0.481 e.